The first kappa shape index (κ1) is 15.5. The Hall–Kier alpha value is -0.840. The molecule has 0 aromatic carbocycles. The molecule has 1 heterocycles. The molecule has 0 unspecified atom stereocenters. The standard InChI is InChI=1S/C15H24BrN3O/c1-15(2,3)19-11-9-17-13(14(19)20)18(10-8-16)12-6-4-5-7-12/h9,11-12H,4-8,10H2,1-3H3. The van der Waals surface area contributed by atoms with Crippen LogP contribution in [0.4, 0.5) is 5.82 Å². The molecule has 0 spiro atoms. The van der Waals surface area contributed by atoms with Crippen LogP contribution in [0.1, 0.15) is 46.5 Å². The fraction of sp³-hybridized carbons (Fsp3) is 0.733. The molecule has 4 nitrogen and oxygen atoms in total. The average Bonchev–Trinajstić information content (AvgIpc) is 2.89. The topological polar surface area (TPSA) is 38.1 Å². The van der Waals surface area contributed by atoms with Gasteiger partial charge in [-0.1, -0.05) is 28.8 Å². The van der Waals surface area contributed by atoms with Crippen LogP contribution in [0, 0.1) is 0 Å². The second kappa shape index (κ2) is 6.29. The Bertz CT molecular complexity index is 501. The van der Waals surface area contributed by atoms with Gasteiger partial charge >= 0.3 is 0 Å². The molecule has 5 heteroatoms. The number of alkyl halides is 1. The van der Waals surface area contributed by atoms with Crippen LogP contribution in [0.15, 0.2) is 17.2 Å². The normalized spacial score (nSPS) is 16.6. The molecule has 0 amide bonds. The van der Waals surface area contributed by atoms with Gasteiger partial charge in [0.2, 0.25) is 0 Å². The maximum atomic E-state index is 12.7. The van der Waals surface area contributed by atoms with Crippen LogP contribution in [0.2, 0.25) is 0 Å². The highest BCUT2D eigenvalue weighted by molar-refractivity contribution is 9.09. The van der Waals surface area contributed by atoms with E-state index in [0.717, 1.165) is 11.9 Å². The molecule has 2 rings (SSSR count). The van der Waals surface area contributed by atoms with Gasteiger partial charge in [0.15, 0.2) is 5.82 Å². The Labute approximate surface area is 129 Å². The fourth-order valence-corrected chi connectivity index (χ4v) is 3.28. The van der Waals surface area contributed by atoms with Crippen molar-refractivity contribution in [1.82, 2.24) is 9.55 Å². The SMILES string of the molecule is CC(C)(C)n1ccnc(N(CCBr)C2CCCC2)c1=O. The summed E-state index contributed by atoms with van der Waals surface area (Å²) in [5.74, 6) is 0.605. The molecule has 1 aliphatic carbocycles. The first-order valence-corrected chi connectivity index (χ1v) is 8.48. The van der Waals surface area contributed by atoms with Crippen molar-refractivity contribution in [2.45, 2.75) is 58.0 Å². The molecule has 1 aromatic heterocycles. The number of anilines is 1. The molecular formula is C15H24BrN3O. The molecular weight excluding hydrogens is 318 g/mol. The Balaban J connectivity index is 2.41. The van der Waals surface area contributed by atoms with Gasteiger partial charge in [0.25, 0.3) is 5.56 Å². The van der Waals surface area contributed by atoms with E-state index < -0.39 is 0 Å². The van der Waals surface area contributed by atoms with E-state index in [4.69, 9.17) is 0 Å². The van der Waals surface area contributed by atoms with Crippen LogP contribution < -0.4 is 10.5 Å². The summed E-state index contributed by atoms with van der Waals surface area (Å²) >= 11 is 3.50. The first-order chi connectivity index (χ1) is 9.45. The lowest BCUT2D eigenvalue weighted by molar-refractivity contribution is 0.381. The van der Waals surface area contributed by atoms with Gasteiger partial charge in [-0.05, 0) is 33.6 Å². The van der Waals surface area contributed by atoms with Crippen molar-refractivity contribution >= 4 is 21.7 Å². The van der Waals surface area contributed by atoms with E-state index in [0.29, 0.717) is 11.9 Å². The van der Waals surface area contributed by atoms with Crippen molar-refractivity contribution in [2.75, 3.05) is 16.8 Å². The van der Waals surface area contributed by atoms with Crippen LogP contribution in [0.5, 0.6) is 0 Å². The predicted octanol–water partition coefficient (Wildman–Crippen LogP) is 3.14. The summed E-state index contributed by atoms with van der Waals surface area (Å²) in [6, 6.07) is 0.462. The van der Waals surface area contributed by atoms with Crippen molar-refractivity contribution < 1.29 is 0 Å². The van der Waals surface area contributed by atoms with Gasteiger partial charge in [-0.2, -0.15) is 0 Å². The van der Waals surface area contributed by atoms with Crippen LogP contribution >= 0.6 is 15.9 Å². The lowest BCUT2D eigenvalue weighted by atomic mass is 10.1. The van der Waals surface area contributed by atoms with E-state index in [1.54, 1.807) is 17.0 Å². The van der Waals surface area contributed by atoms with E-state index in [1.807, 2.05) is 20.8 Å². The van der Waals surface area contributed by atoms with Gasteiger partial charge in [-0.3, -0.25) is 4.79 Å². The zero-order valence-corrected chi connectivity index (χ0v) is 14.2. The molecule has 0 bridgehead atoms. The van der Waals surface area contributed by atoms with Crippen molar-refractivity contribution in [3.05, 3.63) is 22.7 Å². The van der Waals surface area contributed by atoms with Gasteiger partial charge in [0, 0.05) is 35.8 Å². The third kappa shape index (κ3) is 3.25. The van der Waals surface area contributed by atoms with E-state index in [2.05, 4.69) is 25.8 Å². The largest absolute Gasteiger partial charge is 0.348 e. The molecule has 1 saturated carbocycles. The quantitative estimate of drug-likeness (QED) is 0.789. The minimum Gasteiger partial charge on any atom is -0.348 e. The molecule has 0 aliphatic heterocycles. The van der Waals surface area contributed by atoms with Crippen molar-refractivity contribution in [2.24, 2.45) is 0 Å². The van der Waals surface area contributed by atoms with Crippen LogP contribution in [0.25, 0.3) is 0 Å². The average molecular weight is 342 g/mol. The number of rotatable bonds is 4. The monoisotopic (exact) mass is 341 g/mol. The summed E-state index contributed by atoms with van der Waals surface area (Å²) in [5.41, 5.74) is -0.197. The van der Waals surface area contributed by atoms with Gasteiger partial charge in [0.1, 0.15) is 0 Å². The Morgan fingerprint density at radius 2 is 2.05 bits per heavy atom. The van der Waals surface area contributed by atoms with E-state index in [-0.39, 0.29) is 11.1 Å². The molecule has 20 heavy (non-hydrogen) atoms. The van der Waals surface area contributed by atoms with Gasteiger partial charge in [-0.15, -0.1) is 0 Å². The molecule has 1 fully saturated rings. The van der Waals surface area contributed by atoms with Gasteiger partial charge in [0.05, 0.1) is 0 Å². The summed E-state index contributed by atoms with van der Waals surface area (Å²) in [5, 5.41) is 0.856. The summed E-state index contributed by atoms with van der Waals surface area (Å²) < 4.78 is 1.78. The molecule has 0 N–H and O–H groups in total. The van der Waals surface area contributed by atoms with Crippen LogP contribution in [0.3, 0.4) is 0 Å². The summed E-state index contributed by atoms with van der Waals surface area (Å²) in [7, 11) is 0. The van der Waals surface area contributed by atoms with Crippen molar-refractivity contribution in [1.29, 1.82) is 0 Å². The maximum absolute atomic E-state index is 12.7. The maximum Gasteiger partial charge on any atom is 0.293 e. The lowest BCUT2D eigenvalue weighted by Crippen LogP contribution is -2.43. The van der Waals surface area contributed by atoms with Crippen LogP contribution in [-0.4, -0.2) is 27.5 Å². The fourth-order valence-electron chi connectivity index (χ4n) is 2.89. The molecule has 112 valence electrons. The molecule has 1 aliphatic rings. The molecule has 0 radical (unpaired) electrons. The third-order valence-corrected chi connectivity index (χ3v) is 4.26. The second-order valence-corrected chi connectivity index (χ2v) is 7.21. The van der Waals surface area contributed by atoms with E-state index >= 15 is 0 Å². The zero-order valence-electron chi connectivity index (χ0n) is 12.6. The van der Waals surface area contributed by atoms with Gasteiger partial charge in [-0.25, -0.2) is 4.98 Å². The number of hydrogen-bond donors (Lipinski definition) is 0. The number of halogens is 1. The molecule has 0 saturated heterocycles. The number of nitrogens with zero attached hydrogens (tertiary/aromatic N) is 3. The Kier molecular flexibility index (Phi) is 4.89. The predicted molar refractivity (Wildman–Crippen MR) is 86.9 cm³/mol. The minimum absolute atomic E-state index is 0.0212. The second-order valence-electron chi connectivity index (χ2n) is 6.42. The Morgan fingerprint density at radius 3 is 2.60 bits per heavy atom. The van der Waals surface area contributed by atoms with E-state index in [9.17, 15) is 4.79 Å². The van der Waals surface area contributed by atoms with E-state index in [1.165, 1.54) is 25.7 Å². The molecule has 0 atom stereocenters. The van der Waals surface area contributed by atoms with Crippen molar-refractivity contribution in [3.8, 4) is 0 Å². The van der Waals surface area contributed by atoms with Gasteiger partial charge < -0.3 is 9.47 Å². The summed E-state index contributed by atoms with van der Waals surface area (Å²) in [4.78, 5) is 19.3. The van der Waals surface area contributed by atoms with Crippen molar-refractivity contribution in [3.63, 3.8) is 0 Å². The third-order valence-electron chi connectivity index (χ3n) is 3.91. The summed E-state index contributed by atoms with van der Waals surface area (Å²) in [6.45, 7) is 6.97. The summed E-state index contributed by atoms with van der Waals surface area (Å²) in [6.07, 6.45) is 8.37. The first-order valence-electron chi connectivity index (χ1n) is 7.36. The smallest absolute Gasteiger partial charge is 0.293 e. The number of aromatic nitrogens is 2. The Morgan fingerprint density at radius 1 is 1.40 bits per heavy atom. The number of hydrogen-bond acceptors (Lipinski definition) is 3. The minimum atomic E-state index is -0.218. The highest BCUT2D eigenvalue weighted by Crippen LogP contribution is 2.26. The molecule has 1 aromatic rings. The highest BCUT2D eigenvalue weighted by atomic mass is 79.9. The highest BCUT2D eigenvalue weighted by Gasteiger charge is 2.27. The van der Waals surface area contributed by atoms with Crippen LogP contribution in [-0.2, 0) is 5.54 Å². The zero-order chi connectivity index (χ0) is 14.8. The lowest BCUT2D eigenvalue weighted by Gasteiger charge is -2.30.